The maximum Gasteiger partial charge on any atom is 0.234 e. The Morgan fingerprint density at radius 1 is 1.08 bits per heavy atom. The highest BCUT2D eigenvalue weighted by Gasteiger charge is 2.20. The highest BCUT2D eigenvalue weighted by molar-refractivity contribution is 5.78. The van der Waals surface area contributed by atoms with Gasteiger partial charge in [-0.25, -0.2) is 0 Å². The first kappa shape index (κ1) is 18.7. The molecule has 0 aromatic carbocycles. The molecule has 0 radical (unpaired) electrons. The fraction of sp³-hybridized carbons (Fsp3) is 0.824. The third kappa shape index (κ3) is 5.78. The van der Waals surface area contributed by atoms with Crippen LogP contribution in [0.4, 0.5) is 0 Å². The van der Waals surface area contributed by atoms with E-state index in [4.69, 9.17) is 0 Å². The number of hydrogen-bond acceptors (Lipinski definition) is 4. The van der Waals surface area contributed by atoms with Crippen molar-refractivity contribution in [2.45, 2.75) is 39.0 Å². The average molecular weight is 338 g/mol. The molecular formula is C17H30N4O3. The van der Waals surface area contributed by atoms with Crippen molar-refractivity contribution in [3.05, 3.63) is 0 Å². The molecule has 0 saturated carbocycles. The van der Waals surface area contributed by atoms with Crippen molar-refractivity contribution in [1.82, 2.24) is 20.0 Å². The maximum absolute atomic E-state index is 12.0. The second-order valence-corrected chi connectivity index (χ2v) is 6.55. The van der Waals surface area contributed by atoms with Crippen molar-refractivity contribution in [3.63, 3.8) is 0 Å². The van der Waals surface area contributed by atoms with Crippen molar-refractivity contribution in [2.75, 3.05) is 52.4 Å². The molecule has 0 aliphatic carbocycles. The van der Waals surface area contributed by atoms with Gasteiger partial charge in [0.1, 0.15) is 0 Å². The number of rotatable bonds is 7. The Morgan fingerprint density at radius 2 is 1.92 bits per heavy atom. The van der Waals surface area contributed by atoms with Crippen molar-refractivity contribution in [1.29, 1.82) is 0 Å². The minimum Gasteiger partial charge on any atom is -0.355 e. The van der Waals surface area contributed by atoms with Gasteiger partial charge in [0.15, 0.2) is 0 Å². The molecule has 2 rings (SSSR count). The molecule has 2 heterocycles. The summed E-state index contributed by atoms with van der Waals surface area (Å²) in [6.07, 6.45) is 3.88. The van der Waals surface area contributed by atoms with Gasteiger partial charge in [0.2, 0.25) is 17.7 Å². The molecular weight excluding hydrogens is 308 g/mol. The predicted octanol–water partition coefficient (Wildman–Crippen LogP) is 0.0594. The molecule has 0 spiro atoms. The first-order chi connectivity index (χ1) is 11.6. The largest absolute Gasteiger partial charge is 0.355 e. The maximum atomic E-state index is 12.0. The van der Waals surface area contributed by atoms with Crippen molar-refractivity contribution in [3.8, 4) is 0 Å². The molecule has 0 aromatic heterocycles. The summed E-state index contributed by atoms with van der Waals surface area (Å²) in [5, 5.41) is 2.94. The molecule has 7 heteroatoms. The number of amides is 3. The Kier molecular flexibility index (Phi) is 7.49. The Bertz CT molecular complexity index is 455. The summed E-state index contributed by atoms with van der Waals surface area (Å²) in [6, 6.07) is 0. The van der Waals surface area contributed by atoms with E-state index in [-0.39, 0.29) is 17.7 Å². The van der Waals surface area contributed by atoms with E-state index in [1.807, 2.05) is 16.7 Å². The van der Waals surface area contributed by atoms with E-state index in [2.05, 4.69) is 10.2 Å². The standard InChI is InChI=1S/C17H30N4O3/c1-2-16(23)21-11-5-8-19(12-13-21)14-15(22)18-7-4-10-20-9-3-6-17(20)24/h2-14H2,1H3,(H,18,22). The molecule has 2 fully saturated rings. The van der Waals surface area contributed by atoms with E-state index in [9.17, 15) is 14.4 Å². The van der Waals surface area contributed by atoms with Crippen LogP contribution in [0.15, 0.2) is 0 Å². The lowest BCUT2D eigenvalue weighted by molar-refractivity contribution is -0.130. The minimum absolute atomic E-state index is 0.0259. The highest BCUT2D eigenvalue weighted by atomic mass is 16.2. The van der Waals surface area contributed by atoms with Crippen molar-refractivity contribution >= 4 is 17.7 Å². The normalized spacial score (nSPS) is 19.5. The summed E-state index contributed by atoms with van der Waals surface area (Å²) < 4.78 is 0. The Balaban J connectivity index is 1.60. The summed E-state index contributed by atoms with van der Waals surface area (Å²) in [4.78, 5) is 41.2. The minimum atomic E-state index is 0.0259. The monoisotopic (exact) mass is 338 g/mol. The molecule has 0 aromatic rings. The lowest BCUT2D eigenvalue weighted by Gasteiger charge is -2.21. The van der Waals surface area contributed by atoms with Gasteiger partial charge in [-0.3, -0.25) is 19.3 Å². The smallest absolute Gasteiger partial charge is 0.234 e. The molecule has 2 aliphatic rings. The summed E-state index contributed by atoms with van der Waals surface area (Å²) in [5.74, 6) is 0.452. The highest BCUT2D eigenvalue weighted by Crippen LogP contribution is 2.09. The zero-order valence-corrected chi connectivity index (χ0v) is 14.8. The first-order valence-corrected chi connectivity index (χ1v) is 9.14. The quantitative estimate of drug-likeness (QED) is 0.666. The van der Waals surface area contributed by atoms with Crippen LogP contribution in [0.1, 0.15) is 39.0 Å². The van der Waals surface area contributed by atoms with Gasteiger partial charge < -0.3 is 15.1 Å². The Hall–Kier alpha value is -1.63. The molecule has 7 nitrogen and oxygen atoms in total. The molecule has 1 N–H and O–H groups in total. The predicted molar refractivity (Wildman–Crippen MR) is 91.4 cm³/mol. The van der Waals surface area contributed by atoms with Crippen molar-refractivity contribution in [2.24, 2.45) is 0 Å². The number of hydrogen-bond donors (Lipinski definition) is 1. The summed E-state index contributed by atoms with van der Waals surface area (Å²) >= 11 is 0. The molecule has 2 aliphatic heterocycles. The van der Waals surface area contributed by atoms with Crippen LogP contribution in [0.25, 0.3) is 0 Å². The Morgan fingerprint density at radius 3 is 2.62 bits per heavy atom. The Labute approximate surface area is 144 Å². The fourth-order valence-corrected chi connectivity index (χ4v) is 3.30. The molecule has 136 valence electrons. The van der Waals surface area contributed by atoms with E-state index in [0.717, 1.165) is 52.0 Å². The van der Waals surface area contributed by atoms with Crippen LogP contribution in [0.2, 0.25) is 0 Å². The molecule has 24 heavy (non-hydrogen) atoms. The number of nitrogens with one attached hydrogen (secondary N) is 1. The van der Waals surface area contributed by atoms with Gasteiger partial charge in [-0.15, -0.1) is 0 Å². The van der Waals surface area contributed by atoms with Gasteiger partial charge in [0.25, 0.3) is 0 Å². The first-order valence-electron chi connectivity index (χ1n) is 9.14. The summed E-state index contributed by atoms with van der Waals surface area (Å²) in [6.45, 7) is 7.56. The molecule has 3 amide bonds. The lowest BCUT2D eigenvalue weighted by atomic mass is 10.3. The van der Waals surface area contributed by atoms with Gasteiger partial charge in [-0.2, -0.15) is 0 Å². The molecule has 0 unspecified atom stereocenters. The topological polar surface area (TPSA) is 73.0 Å². The van der Waals surface area contributed by atoms with Crippen LogP contribution in [0.5, 0.6) is 0 Å². The molecule has 2 saturated heterocycles. The second kappa shape index (κ2) is 9.61. The van der Waals surface area contributed by atoms with Crippen LogP contribution in [0.3, 0.4) is 0 Å². The van der Waals surface area contributed by atoms with Gasteiger partial charge >= 0.3 is 0 Å². The summed E-state index contributed by atoms with van der Waals surface area (Å²) in [5.41, 5.74) is 0. The van der Waals surface area contributed by atoms with Crippen LogP contribution in [0, 0.1) is 0 Å². The van der Waals surface area contributed by atoms with Crippen LogP contribution < -0.4 is 5.32 Å². The third-order valence-electron chi connectivity index (χ3n) is 4.71. The van der Waals surface area contributed by atoms with Crippen molar-refractivity contribution < 1.29 is 14.4 Å². The molecule has 0 bridgehead atoms. The SMILES string of the molecule is CCC(=O)N1CCCN(CC(=O)NCCCN2CCCC2=O)CC1. The zero-order chi connectivity index (χ0) is 17.4. The van der Waals surface area contributed by atoms with Crippen LogP contribution in [-0.4, -0.2) is 84.8 Å². The van der Waals surface area contributed by atoms with Crippen LogP contribution in [-0.2, 0) is 14.4 Å². The molecule has 0 atom stereocenters. The number of carbonyl (C=O) groups is 3. The van der Waals surface area contributed by atoms with E-state index in [1.54, 1.807) is 0 Å². The van der Waals surface area contributed by atoms with Gasteiger partial charge in [0, 0.05) is 58.7 Å². The van der Waals surface area contributed by atoms with E-state index >= 15 is 0 Å². The van der Waals surface area contributed by atoms with Gasteiger partial charge in [-0.1, -0.05) is 6.92 Å². The number of carbonyl (C=O) groups excluding carboxylic acids is 3. The van der Waals surface area contributed by atoms with Gasteiger partial charge in [-0.05, 0) is 19.3 Å². The summed E-state index contributed by atoms with van der Waals surface area (Å²) in [7, 11) is 0. The van der Waals surface area contributed by atoms with Crippen LogP contribution >= 0.6 is 0 Å². The number of likely N-dealkylation sites (tertiary alicyclic amines) is 1. The average Bonchev–Trinajstić information content (AvgIpc) is 2.83. The fourth-order valence-electron chi connectivity index (χ4n) is 3.30. The lowest BCUT2D eigenvalue weighted by Crippen LogP contribution is -2.40. The van der Waals surface area contributed by atoms with E-state index < -0.39 is 0 Å². The van der Waals surface area contributed by atoms with E-state index in [1.165, 1.54) is 0 Å². The third-order valence-corrected chi connectivity index (χ3v) is 4.71. The van der Waals surface area contributed by atoms with Gasteiger partial charge in [0.05, 0.1) is 6.54 Å². The second-order valence-electron chi connectivity index (χ2n) is 6.55. The van der Waals surface area contributed by atoms with E-state index in [0.29, 0.717) is 32.5 Å². The number of nitrogens with zero attached hydrogens (tertiary/aromatic N) is 3. The zero-order valence-electron chi connectivity index (χ0n) is 14.8.